The van der Waals surface area contributed by atoms with Gasteiger partial charge in [0.15, 0.2) is 0 Å². The Kier molecular flexibility index (Phi) is 3.91. The SMILES string of the molecule is CNCC1CCCN1C(C)c1ccccn1. The maximum Gasteiger partial charge on any atom is 0.0572 e. The Balaban J connectivity index is 2.06. The molecule has 0 bridgehead atoms. The number of hydrogen-bond donors (Lipinski definition) is 1. The first-order chi connectivity index (χ1) is 7.83. The molecule has 1 aromatic rings. The highest BCUT2D eigenvalue weighted by Crippen LogP contribution is 2.27. The standard InChI is InChI=1S/C13H21N3/c1-11(13-7-3-4-8-15-13)16-9-5-6-12(16)10-14-2/h3-4,7-8,11-12,14H,5-6,9-10H2,1-2H3. The fraction of sp³-hybridized carbons (Fsp3) is 0.615. The Labute approximate surface area is 97.9 Å². The first-order valence-electron chi connectivity index (χ1n) is 6.14. The molecule has 1 aliphatic rings. The average Bonchev–Trinajstić information content (AvgIpc) is 2.78. The van der Waals surface area contributed by atoms with Gasteiger partial charge < -0.3 is 5.32 Å². The molecule has 2 heterocycles. The van der Waals surface area contributed by atoms with Crippen molar-refractivity contribution in [1.82, 2.24) is 15.2 Å². The van der Waals surface area contributed by atoms with E-state index >= 15 is 0 Å². The summed E-state index contributed by atoms with van der Waals surface area (Å²) in [6.07, 6.45) is 4.50. The number of nitrogens with zero attached hydrogens (tertiary/aromatic N) is 2. The van der Waals surface area contributed by atoms with Gasteiger partial charge in [-0.25, -0.2) is 0 Å². The highest BCUT2D eigenvalue weighted by Gasteiger charge is 2.28. The van der Waals surface area contributed by atoms with Gasteiger partial charge in [0.2, 0.25) is 0 Å². The lowest BCUT2D eigenvalue weighted by molar-refractivity contribution is 0.188. The van der Waals surface area contributed by atoms with Crippen molar-refractivity contribution in [3.63, 3.8) is 0 Å². The molecule has 0 radical (unpaired) electrons. The zero-order chi connectivity index (χ0) is 11.4. The van der Waals surface area contributed by atoms with Gasteiger partial charge in [-0.15, -0.1) is 0 Å². The minimum atomic E-state index is 0.432. The lowest BCUT2D eigenvalue weighted by Crippen LogP contribution is -2.38. The second kappa shape index (κ2) is 5.41. The number of likely N-dealkylation sites (N-methyl/N-ethyl adjacent to an activating group) is 1. The second-order valence-corrected chi connectivity index (χ2v) is 4.52. The van der Waals surface area contributed by atoms with Crippen LogP contribution in [0.2, 0.25) is 0 Å². The minimum absolute atomic E-state index is 0.432. The van der Waals surface area contributed by atoms with Crippen LogP contribution < -0.4 is 5.32 Å². The molecule has 0 aliphatic carbocycles. The van der Waals surface area contributed by atoms with Crippen molar-refractivity contribution in [3.8, 4) is 0 Å². The quantitative estimate of drug-likeness (QED) is 0.837. The Hall–Kier alpha value is -0.930. The van der Waals surface area contributed by atoms with E-state index in [1.165, 1.54) is 25.1 Å². The van der Waals surface area contributed by atoms with Gasteiger partial charge in [0.25, 0.3) is 0 Å². The molecule has 1 fully saturated rings. The van der Waals surface area contributed by atoms with Gasteiger partial charge in [0.05, 0.1) is 5.69 Å². The maximum atomic E-state index is 4.46. The van der Waals surface area contributed by atoms with Crippen molar-refractivity contribution in [2.45, 2.75) is 31.8 Å². The van der Waals surface area contributed by atoms with E-state index < -0.39 is 0 Å². The molecular weight excluding hydrogens is 198 g/mol. The summed E-state index contributed by atoms with van der Waals surface area (Å²) in [6, 6.07) is 7.27. The molecule has 1 aliphatic heterocycles. The van der Waals surface area contributed by atoms with Crippen LogP contribution in [0, 0.1) is 0 Å². The molecule has 0 spiro atoms. The molecule has 1 aromatic heterocycles. The molecular formula is C13H21N3. The molecule has 16 heavy (non-hydrogen) atoms. The topological polar surface area (TPSA) is 28.2 Å². The van der Waals surface area contributed by atoms with E-state index in [2.05, 4.69) is 34.3 Å². The maximum absolute atomic E-state index is 4.46. The van der Waals surface area contributed by atoms with E-state index in [1.807, 2.05) is 19.3 Å². The summed E-state index contributed by atoms with van der Waals surface area (Å²) in [7, 11) is 2.03. The van der Waals surface area contributed by atoms with Crippen LogP contribution >= 0.6 is 0 Å². The first kappa shape index (κ1) is 11.6. The summed E-state index contributed by atoms with van der Waals surface area (Å²) in [5, 5.41) is 3.28. The molecule has 88 valence electrons. The van der Waals surface area contributed by atoms with E-state index in [0.29, 0.717) is 12.1 Å². The third-order valence-corrected chi connectivity index (χ3v) is 3.48. The normalized spacial score (nSPS) is 23.5. The average molecular weight is 219 g/mol. The minimum Gasteiger partial charge on any atom is -0.318 e. The lowest BCUT2D eigenvalue weighted by atomic mass is 10.1. The van der Waals surface area contributed by atoms with Crippen molar-refractivity contribution in [2.24, 2.45) is 0 Å². The fourth-order valence-corrected chi connectivity index (χ4v) is 2.62. The third-order valence-electron chi connectivity index (χ3n) is 3.48. The molecule has 3 heteroatoms. The highest BCUT2D eigenvalue weighted by atomic mass is 15.2. The van der Waals surface area contributed by atoms with Gasteiger partial charge in [-0.2, -0.15) is 0 Å². The van der Waals surface area contributed by atoms with E-state index in [1.54, 1.807) is 0 Å². The van der Waals surface area contributed by atoms with Crippen LogP contribution in [0.25, 0.3) is 0 Å². The Morgan fingerprint density at radius 3 is 3.12 bits per heavy atom. The second-order valence-electron chi connectivity index (χ2n) is 4.52. The zero-order valence-electron chi connectivity index (χ0n) is 10.2. The molecule has 2 atom stereocenters. The van der Waals surface area contributed by atoms with Gasteiger partial charge in [-0.1, -0.05) is 6.07 Å². The summed E-state index contributed by atoms with van der Waals surface area (Å²) in [6.45, 7) is 4.54. The predicted molar refractivity (Wildman–Crippen MR) is 66.3 cm³/mol. The largest absolute Gasteiger partial charge is 0.318 e. The summed E-state index contributed by atoms with van der Waals surface area (Å²) < 4.78 is 0. The number of rotatable bonds is 4. The fourth-order valence-electron chi connectivity index (χ4n) is 2.62. The molecule has 0 aromatic carbocycles. The smallest absolute Gasteiger partial charge is 0.0572 e. The lowest BCUT2D eigenvalue weighted by Gasteiger charge is -2.30. The Morgan fingerprint density at radius 2 is 2.44 bits per heavy atom. The predicted octanol–water partition coefficient (Wildman–Crippen LogP) is 1.83. The summed E-state index contributed by atoms with van der Waals surface area (Å²) >= 11 is 0. The van der Waals surface area contributed by atoms with Crippen LogP contribution in [0.3, 0.4) is 0 Å². The third kappa shape index (κ3) is 2.42. The molecule has 2 unspecified atom stereocenters. The summed E-state index contributed by atoms with van der Waals surface area (Å²) in [4.78, 5) is 7.02. The van der Waals surface area contributed by atoms with Gasteiger partial charge in [0, 0.05) is 24.8 Å². The molecule has 3 nitrogen and oxygen atoms in total. The van der Waals surface area contributed by atoms with E-state index in [-0.39, 0.29) is 0 Å². The highest BCUT2D eigenvalue weighted by molar-refractivity contribution is 5.09. The van der Waals surface area contributed by atoms with Crippen molar-refractivity contribution in [3.05, 3.63) is 30.1 Å². The first-order valence-corrected chi connectivity index (χ1v) is 6.14. The molecule has 0 amide bonds. The molecule has 2 rings (SSSR count). The summed E-state index contributed by atoms with van der Waals surface area (Å²) in [5.74, 6) is 0. The van der Waals surface area contributed by atoms with E-state index in [0.717, 1.165) is 6.54 Å². The van der Waals surface area contributed by atoms with Gasteiger partial charge in [-0.3, -0.25) is 9.88 Å². The Bertz CT molecular complexity index is 312. The molecule has 1 saturated heterocycles. The van der Waals surface area contributed by atoms with E-state index in [9.17, 15) is 0 Å². The van der Waals surface area contributed by atoms with Gasteiger partial charge in [0.1, 0.15) is 0 Å². The zero-order valence-corrected chi connectivity index (χ0v) is 10.2. The van der Waals surface area contributed by atoms with Crippen LogP contribution in [0.4, 0.5) is 0 Å². The van der Waals surface area contributed by atoms with Gasteiger partial charge >= 0.3 is 0 Å². The van der Waals surface area contributed by atoms with Crippen molar-refractivity contribution >= 4 is 0 Å². The van der Waals surface area contributed by atoms with Crippen molar-refractivity contribution < 1.29 is 0 Å². The van der Waals surface area contributed by atoms with Crippen LogP contribution in [0.5, 0.6) is 0 Å². The Morgan fingerprint density at radius 1 is 1.56 bits per heavy atom. The number of nitrogens with one attached hydrogen (secondary N) is 1. The van der Waals surface area contributed by atoms with Gasteiger partial charge in [-0.05, 0) is 45.5 Å². The number of likely N-dealkylation sites (tertiary alicyclic amines) is 1. The number of hydrogen-bond acceptors (Lipinski definition) is 3. The number of aromatic nitrogens is 1. The number of pyridine rings is 1. The van der Waals surface area contributed by atoms with Crippen LogP contribution in [-0.2, 0) is 0 Å². The van der Waals surface area contributed by atoms with Crippen LogP contribution in [0.1, 0.15) is 31.5 Å². The van der Waals surface area contributed by atoms with Crippen molar-refractivity contribution in [1.29, 1.82) is 0 Å². The van der Waals surface area contributed by atoms with Crippen molar-refractivity contribution in [2.75, 3.05) is 20.1 Å². The van der Waals surface area contributed by atoms with Crippen LogP contribution in [-0.4, -0.2) is 36.1 Å². The van der Waals surface area contributed by atoms with E-state index in [4.69, 9.17) is 0 Å². The summed E-state index contributed by atoms with van der Waals surface area (Å²) in [5.41, 5.74) is 1.19. The molecule has 1 N–H and O–H groups in total. The van der Waals surface area contributed by atoms with Crippen LogP contribution in [0.15, 0.2) is 24.4 Å². The monoisotopic (exact) mass is 219 g/mol. The molecule has 0 saturated carbocycles.